The van der Waals surface area contributed by atoms with Gasteiger partial charge in [-0.05, 0) is 50.4 Å². The second-order valence-corrected chi connectivity index (χ2v) is 7.09. The van der Waals surface area contributed by atoms with E-state index < -0.39 is 0 Å². The van der Waals surface area contributed by atoms with Gasteiger partial charge in [0.2, 0.25) is 0 Å². The number of ether oxygens (including phenoxy) is 1. The van der Waals surface area contributed by atoms with Crippen molar-refractivity contribution in [1.82, 2.24) is 0 Å². The van der Waals surface area contributed by atoms with Crippen LogP contribution in [0.3, 0.4) is 0 Å². The highest BCUT2D eigenvalue weighted by Crippen LogP contribution is 2.48. The first kappa shape index (κ1) is 12.9. The molecule has 0 aromatic heterocycles. The Bertz CT molecular complexity index is 275. The maximum Gasteiger partial charge on any atom is 0.0687 e. The number of rotatable bonds is 3. The minimum absolute atomic E-state index is 0.201. The average Bonchev–Trinajstić information content (AvgIpc) is 3.02. The summed E-state index contributed by atoms with van der Waals surface area (Å²) in [5, 5.41) is 9.80. The zero-order valence-corrected chi connectivity index (χ0v) is 11.6. The molecule has 2 nitrogen and oxygen atoms in total. The highest BCUT2D eigenvalue weighted by Gasteiger charge is 2.44. The van der Waals surface area contributed by atoms with Gasteiger partial charge in [-0.3, -0.25) is 0 Å². The molecule has 1 aliphatic heterocycles. The van der Waals surface area contributed by atoms with Crippen LogP contribution in [-0.4, -0.2) is 23.4 Å². The fraction of sp³-hybridized carbons (Fsp3) is 1.00. The molecule has 2 saturated carbocycles. The summed E-state index contributed by atoms with van der Waals surface area (Å²) in [6.07, 6.45) is 15.8. The van der Waals surface area contributed by atoms with Gasteiger partial charge in [-0.1, -0.05) is 32.1 Å². The van der Waals surface area contributed by atoms with Gasteiger partial charge < -0.3 is 9.84 Å². The quantitative estimate of drug-likeness (QED) is 0.827. The molecule has 1 atom stereocenters. The van der Waals surface area contributed by atoms with E-state index in [0.717, 1.165) is 6.42 Å². The number of aliphatic hydroxyl groups is 1. The van der Waals surface area contributed by atoms with Gasteiger partial charge in [0.25, 0.3) is 0 Å². The highest BCUT2D eigenvalue weighted by atomic mass is 16.5. The van der Waals surface area contributed by atoms with Crippen LogP contribution in [-0.2, 0) is 4.74 Å². The average molecular weight is 252 g/mol. The molecule has 0 aromatic carbocycles. The molecular weight excluding hydrogens is 224 g/mol. The second kappa shape index (κ2) is 5.13. The summed E-state index contributed by atoms with van der Waals surface area (Å²) in [6.45, 7) is 0.375. The van der Waals surface area contributed by atoms with Gasteiger partial charge in [0, 0.05) is 6.61 Å². The molecule has 1 saturated heterocycles. The molecule has 3 aliphatic rings. The summed E-state index contributed by atoms with van der Waals surface area (Å²) in [4.78, 5) is 0. The van der Waals surface area contributed by atoms with Gasteiger partial charge in [-0.2, -0.15) is 0 Å². The van der Waals surface area contributed by atoms with Crippen LogP contribution in [0.2, 0.25) is 0 Å². The Morgan fingerprint density at radius 2 is 1.56 bits per heavy atom. The zero-order valence-electron chi connectivity index (χ0n) is 11.6. The SMILES string of the molecule is OCC1(CC2CCC3(CCCC3)O2)CCCCC1. The summed E-state index contributed by atoms with van der Waals surface area (Å²) in [7, 11) is 0. The van der Waals surface area contributed by atoms with Gasteiger partial charge in [0.05, 0.1) is 11.7 Å². The maximum absolute atomic E-state index is 9.80. The van der Waals surface area contributed by atoms with Crippen LogP contribution in [0.15, 0.2) is 0 Å². The zero-order chi connectivity index (χ0) is 12.5. The molecule has 3 rings (SSSR count). The van der Waals surface area contributed by atoms with E-state index in [1.807, 2.05) is 0 Å². The fourth-order valence-corrected chi connectivity index (χ4v) is 4.64. The molecule has 0 radical (unpaired) electrons. The van der Waals surface area contributed by atoms with Crippen molar-refractivity contribution < 1.29 is 9.84 Å². The third kappa shape index (κ3) is 2.46. The molecular formula is C16H28O2. The number of hydrogen-bond acceptors (Lipinski definition) is 2. The van der Waals surface area contributed by atoms with E-state index in [1.165, 1.54) is 70.6 Å². The molecule has 3 fully saturated rings. The summed E-state index contributed by atoms with van der Waals surface area (Å²) in [5.41, 5.74) is 0.461. The van der Waals surface area contributed by atoms with Crippen molar-refractivity contribution in [2.75, 3.05) is 6.61 Å². The maximum atomic E-state index is 9.80. The monoisotopic (exact) mass is 252 g/mol. The minimum Gasteiger partial charge on any atom is -0.396 e. The van der Waals surface area contributed by atoms with Crippen molar-refractivity contribution in [2.45, 2.75) is 88.8 Å². The van der Waals surface area contributed by atoms with E-state index in [-0.39, 0.29) is 11.0 Å². The molecule has 1 N–H and O–H groups in total. The lowest BCUT2D eigenvalue weighted by atomic mass is 9.71. The summed E-state index contributed by atoms with van der Waals surface area (Å²) < 4.78 is 6.43. The van der Waals surface area contributed by atoms with E-state index >= 15 is 0 Å². The highest BCUT2D eigenvalue weighted by molar-refractivity contribution is 4.95. The minimum atomic E-state index is 0.201. The first-order chi connectivity index (χ1) is 8.76. The van der Waals surface area contributed by atoms with Gasteiger partial charge in [0.1, 0.15) is 0 Å². The fourth-order valence-electron chi connectivity index (χ4n) is 4.64. The lowest BCUT2D eigenvalue weighted by molar-refractivity contribution is -0.0658. The standard InChI is InChI=1S/C16H28O2/c17-13-15(7-2-1-3-8-15)12-14-6-11-16(18-14)9-4-5-10-16/h14,17H,1-13H2. The second-order valence-electron chi connectivity index (χ2n) is 7.09. The Kier molecular flexibility index (Phi) is 3.68. The molecule has 0 amide bonds. The van der Waals surface area contributed by atoms with Gasteiger partial charge in [-0.15, -0.1) is 0 Å². The Morgan fingerprint density at radius 3 is 2.22 bits per heavy atom. The molecule has 1 spiro atoms. The Morgan fingerprint density at radius 1 is 0.889 bits per heavy atom. The van der Waals surface area contributed by atoms with Crippen LogP contribution < -0.4 is 0 Å². The van der Waals surface area contributed by atoms with Gasteiger partial charge in [0.15, 0.2) is 0 Å². The van der Waals surface area contributed by atoms with E-state index in [1.54, 1.807) is 0 Å². The van der Waals surface area contributed by atoms with Gasteiger partial charge >= 0.3 is 0 Å². The van der Waals surface area contributed by atoms with E-state index in [9.17, 15) is 5.11 Å². The molecule has 104 valence electrons. The summed E-state index contributed by atoms with van der Waals surface area (Å²) >= 11 is 0. The molecule has 2 heteroatoms. The molecule has 0 bridgehead atoms. The Balaban J connectivity index is 1.59. The van der Waals surface area contributed by atoms with Crippen LogP contribution in [0, 0.1) is 5.41 Å². The predicted octanol–water partition coefficient (Wildman–Crippen LogP) is 3.81. The lowest BCUT2D eigenvalue weighted by Gasteiger charge is -2.38. The lowest BCUT2D eigenvalue weighted by Crippen LogP contribution is -2.34. The van der Waals surface area contributed by atoms with E-state index in [0.29, 0.717) is 12.7 Å². The van der Waals surface area contributed by atoms with E-state index in [4.69, 9.17) is 4.74 Å². The van der Waals surface area contributed by atoms with Crippen molar-refractivity contribution in [3.05, 3.63) is 0 Å². The third-order valence-electron chi connectivity index (χ3n) is 5.76. The van der Waals surface area contributed by atoms with Crippen molar-refractivity contribution >= 4 is 0 Å². The molecule has 1 heterocycles. The van der Waals surface area contributed by atoms with Crippen LogP contribution in [0.4, 0.5) is 0 Å². The van der Waals surface area contributed by atoms with Crippen LogP contribution >= 0.6 is 0 Å². The topological polar surface area (TPSA) is 29.5 Å². The Labute approximate surface area is 111 Å². The van der Waals surface area contributed by atoms with Crippen LogP contribution in [0.25, 0.3) is 0 Å². The smallest absolute Gasteiger partial charge is 0.0687 e. The van der Waals surface area contributed by atoms with E-state index in [2.05, 4.69) is 0 Å². The van der Waals surface area contributed by atoms with Gasteiger partial charge in [-0.25, -0.2) is 0 Å². The normalized spacial score (nSPS) is 34.2. The molecule has 18 heavy (non-hydrogen) atoms. The van der Waals surface area contributed by atoms with Crippen molar-refractivity contribution in [1.29, 1.82) is 0 Å². The summed E-state index contributed by atoms with van der Waals surface area (Å²) in [6, 6.07) is 0. The van der Waals surface area contributed by atoms with Crippen molar-refractivity contribution in [3.8, 4) is 0 Å². The molecule has 1 unspecified atom stereocenters. The number of aliphatic hydroxyl groups excluding tert-OH is 1. The van der Waals surface area contributed by atoms with Crippen LogP contribution in [0.5, 0.6) is 0 Å². The first-order valence-electron chi connectivity index (χ1n) is 8.05. The van der Waals surface area contributed by atoms with Crippen molar-refractivity contribution in [2.24, 2.45) is 5.41 Å². The predicted molar refractivity (Wildman–Crippen MR) is 72.5 cm³/mol. The third-order valence-corrected chi connectivity index (χ3v) is 5.76. The largest absolute Gasteiger partial charge is 0.396 e. The first-order valence-corrected chi connectivity index (χ1v) is 8.05. The number of hydrogen-bond donors (Lipinski definition) is 1. The van der Waals surface area contributed by atoms with Crippen LogP contribution in [0.1, 0.15) is 77.0 Å². The Hall–Kier alpha value is -0.0800. The van der Waals surface area contributed by atoms with Crippen molar-refractivity contribution in [3.63, 3.8) is 0 Å². The summed E-state index contributed by atoms with van der Waals surface area (Å²) in [5.74, 6) is 0. The molecule has 2 aliphatic carbocycles. The molecule has 0 aromatic rings.